The molecule has 0 saturated carbocycles. The van der Waals surface area contributed by atoms with Gasteiger partial charge in [-0.3, -0.25) is 4.48 Å². The number of aliphatic hydroxyl groups is 3. The highest BCUT2D eigenvalue weighted by atomic mass is 16.3. The maximum absolute atomic E-state index is 8.63. The summed E-state index contributed by atoms with van der Waals surface area (Å²) in [6.45, 7) is 1.67. The van der Waals surface area contributed by atoms with E-state index in [2.05, 4.69) is 0 Å². The van der Waals surface area contributed by atoms with Crippen molar-refractivity contribution in [1.29, 1.82) is 0 Å². The van der Waals surface area contributed by atoms with E-state index >= 15 is 0 Å². The van der Waals surface area contributed by atoms with Crippen molar-refractivity contribution in [1.82, 2.24) is 0 Å². The molecule has 0 bridgehead atoms. The van der Waals surface area contributed by atoms with Crippen LogP contribution in [-0.2, 0) is 0 Å². The largest absolute Gasteiger partial charge is 0.347 e. The SMILES string of the molecule is CC[N+](CO)(CO)CO. The van der Waals surface area contributed by atoms with Crippen molar-refractivity contribution in [3.05, 3.63) is 0 Å². The van der Waals surface area contributed by atoms with Gasteiger partial charge in [0.2, 0.25) is 0 Å². The Morgan fingerprint density at radius 1 is 1.00 bits per heavy atom. The van der Waals surface area contributed by atoms with Gasteiger partial charge in [0.05, 0.1) is 6.54 Å². The van der Waals surface area contributed by atoms with Gasteiger partial charge in [-0.05, 0) is 6.92 Å². The summed E-state index contributed by atoms with van der Waals surface area (Å²) in [6.07, 6.45) is 0. The second kappa shape index (κ2) is 3.79. The molecule has 0 unspecified atom stereocenters. The van der Waals surface area contributed by atoms with Crippen molar-refractivity contribution in [2.75, 3.05) is 26.7 Å². The van der Waals surface area contributed by atoms with Crippen LogP contribution in [0, 0.1) is 0 Å². The Morgan fingerprint density at radius 2 is 1.33 bits per heavy atom. The fourth-order valence-electron chi connectivity index (χ4n) is 0.434. The van der Waals surface area contributed by atoms with Gasteiger partial charge in [-0.25, -0.2) is 0 Å². The number of quaternary nitrogens is 1. The van der Waals surface area contributed by atoms with Crippen molar-refractivity contribution in [3.63, 3.8) is 0 Å². The first kappa shape index (κ1) is 8.84. The van der Waals surface area contributed by atoms with E-state index in [-0.39, 0.29) is 24.7 Å². The van der Waals surface area contributed by atoms with Gasteiger partial charge in [-0.15, -0.1) is 0 Å². The normalized spacial score (nSPS) is 12.0. The lowest BCUT2D eigenvalue weighted by atomic mass is 10.5. The molecule has 0 rings (SSSR count). The van der Waals surface area contributed by atoms with Gasteiger partial charge >= 0.3 is 0 Å². The average Bonchev–Trinajstić information content (AvgIpc) is 1.95. The highest BCUT2D eigenvalue weighted by Crippen LogP contribution is 1.99. The zero-order valence-electron chi connectivity index (χ0n) is 5.62. The van der Waals surface area contributed by atoms with E-state index in [0.717, 1.165) is 0 Å². The monoisotopic (exact) mass is 136 g/mol. The highest BCUT2D eigenvalue weighted by Gasteiger charge is 2.20. The molecule has 0 aliphatic carbocycles. The molecule has 0 aromatic heterocycles. The van der Waals surface area contributed by atoms with Crippen LogP contribution in [0.1, 0.15) is 6.92 Å². The molecule has 9 heavy (non-hydrogen) atoms. The van der Waals surface area contributed by atoms with E-state index < -0.39 is 0 Å². The third-order valence-electron chi connectivity index (χ3n) is 1.57. The van der Waals surface area contributed by atoms with Gasteiger partial charge in [0.1, 0.15) is 0 Å². The number of rotatable bonds is 4. The van der Waals surface area contributed by atoms with Crippen LogP contribution in [0.3, 0.4) is 0 Å². The van der Waals surface area contributed by atoms with Crippen LogP contribution in [0.2, 0.25) is 0 Å². The molecule has 0 aromatic rings. The lowest BCUT2D eigenvalue weighted by molar-refractivity contribution is -0.975. The standard InChI is InChI=1S/C5H14NO3/c1-2-6(3-7,4-8)5-9/h7-9H,2-5H2,1H3/q+1. The Bertz CT molecular complexity index is 55.1. The van der Waals surface area contributed by atoms with Crippen molar-refractivity contribution in [2.24, 2.45) is 0 Å². The summed E-state index contributed by atoms with van der Waals surface area (Å²) in [4.78, 5) is 0. The minimum Gasteiger partial charge on any atom is -0.347 e. The molecule has 0 saturated heterocycles. The summed E-state index contributed by atoms with van der Waals surface area (Å²) < 4.78 is -0.0556. The number of aliphatic hydroxyl groups excluding tert-OH is 3. The molecule has 3 N–H and O–H groups in total. The summed E-state index contributed by atoms with van der Waals surface area (Å²) in [5, 5.41) is 25.9. The topological polar surface area (TPSA) is 60.7 Å². The zero-order chi connectivity index (χ0) is 7.33. The van der Waals surface area contributed by atoms with Crippen molar-refractivity contribution in [3.8, 4) is 0 Å². The quantitative estimate of drug-likeness (QED) is 0.331. The summed E-state index contributed by atoms with van der Waals surface area (Å²) in [6, 6.07) is 0. The molecule has 4 heteroatoms. The second-order valence-corrected chi connectivity index (χ2v) is 2.08. The Balaban J connectivity index is 3.82. The summed E-state index contributed by atoms with van der Waals surface area (Å²) in [5.41, 5.74) is 0. The average molecular weight is 136 g/mol. The minimum absolute atomic E-state index is 0.0556. The van der Waals surface area contributed by atoms with Gasteiger partial charge in [0.15, 0.2) is 20.2 Å². The molecule has 0 spiro atoms. The van der Waals surface area contributed by atoms with Crippen LogP contribution >= 0.6 is 0 Å². The van der Waals surface area contributed by atoms with Gasteiger partial charge in [0.25, 0.3) is 0 Å². The van der Waals surface area contributed by atoms with Crippen molar-refractivity contribution >= 4 is 0 Å². The van der Waals surface area contributed by atoms with Crippen LogP contribution in [0.5, 0.6) is 0 Å². The molecule has 0 aliphatic rings. The molecular weight excluding hydrogens is 122 g/mol. The Kier molecular flexibility index (Phi) is 3.72. The molecule has 0 radical (unpaired) electrons. The van der Waals surface area contributed by atoms with Crippen LogP contribution in [0.4, 0.5) is 0 Å². The minimum atomic E-state index is -0.219. The van der Waals surface area contributed by atoms with E-state index in [9.17, 15) is 0 Å². The lowest BCUT2D eigenvalue weighted by Crippen LogP contribution is -2.49. The molecule has 0 aliphatic heterocycles. The van der Waals surface area contributed by atoms with Gasteiger partial charge in [-0.1, -0.05) is 0 Å². The first-order valence-corrected chi connectivity index (χ1v) is 2.92. The van der Waals surface area contributed by atoms with E-state index in [4.69, 9.17) is 15.3 Å². The van der Waals surface area contributed by atoms with Crippen LogP contribution in [0.15, 0.2) is 0 Å². The van der Waals surface area contributed by atoms with Gasteiger partial charge in [0, 0.05) is 0 Å². The first-order chi connectivity index (χ1) is 4.24. The molecule has 0 heterocycles. The Hall–Kier alpha value is -0.160. The fraction of sp³-hybridized carbons (Fsp3) is 1.00. The molecule has 56 valence electrons. The smallest absolute Gasteiger partial charge is 0.183 e. The number of hydrogen-bond acceptors (Lipinski definition) is 3. The fourth-order valence-corrected chi connectivity index (χ4v) is 0.434. The number of nitrogens with zero attached hydrogens (tertiary/aromatic N) is 1. The molecule has 0 fully saturated rings. The summed E-state index contributed by atoms with van der Waals surface area (Å²) in [7, 11) is 0. The Morgan fingerprint density at radius 3 is 1.33 bits per heavy atom. The van der Waals surface area contributed by atoms with E-state index in [1.807, 2.05) is 0 Å². The second-order valence-electron chi connectivity index (χ2n) is 2.08. The molecular formula is C5H14NO3+. The predicted molar refractivity (Wildman–Crippen MR) is 32.1 cm³/mol. The lowest BCUT2D eigenvalue weighted by Gasteiger charge is -2.30. The maximum Gasteiger partial charge on any atom is 0.183 e. The maximum atomic E-state index is 8.63. The van der Waals surface area contributed by atoms with E-state index in [1.54, 1.807) is 6.92 Å². The molecule has 4 nitrogen and oxygen atoms in total. The third kappa shape index (κ3) is 1.91. The summed E-state index contributed by atoms with van der Waals surface area (Å²) in [5.74, 6) is 0. The van der Waals surface area contributed by atoms with Crippen molar-refractivity contribution < 1.29 is 19.8 Å². The summed E-state index contributed by atoms with van der Waals surface area (Å²) >= 11 is 0. The van der Waals surface area contributed by atoms with Crippen LogP contribution < -0.4 is 0 Å². The van der Waals surface area contributed by atoms with Gasteiger partial charge in [-0.2, -0.15) is 0 Å². The third-order valence-corrected chi connectivity index (χ3v) is 1.57. The van der Waals surface area contributed by atoms with Gasteiger partial charge < -0.3 is 15.3 Å². The van der Waals surface area contributed by atoms with Crippen LogP contribution in [0.25, 0.3) is 0 Å². The number of hydrogen-bond donors (Lipinski definition) is 3. The Labute approximate surface area is 54.6 Å². The molecule has 0 aromatic carbocycles. The predicted octanol–water partition coefficient (Wildman–Crippen LogP) is -1.33. The molecule has 0 amide bonds. The van der Waals surface area contributed by atoms with Crippen LogP contribution in [-0.4, -0.2) is 46.5 Å². The zero-order valence-corrected chi connectivity index (χ0v) is 5.62. The van der Waals surface area contributed by atoms with E-state index in [1.165, 1.54) is 0 Å². The first-order valence-electron chi connectivity index (χ1n) is 2.92. The molecule has 0 atom stereocenters. The van der Waals surface area contributed by atoms with Crippen molar-refractivity contribution in [2.45, 2.75) is 6.92 Å². The van der Waals surface area contributed by atoms with E-state index in [0.29, 0.717) is 6.54 Å². The highest BCUT2D eigenvalue weighted by molar-refractivity contribution is 4.17.